The van der Waals surface area contributed by atoms with Gasteiger partial charge in [0, 0.05) is 31.1 Å². The van der Waals surface area contributed by atoms with E-state index >= 15 is 0 Å². The molecular formula is C18H17F4N3O. The van der Waals surface area contributed by atoms with Gasteiger partial charge in [0.2, 0.25) is 0 Å². The van der Waals surface area contributed by atoms with Gasteiger partial charge in [-0.1, -0.05) is 0 Å². The number of benzene rings is 1. The second kappa shape index (κ2) is 6.19. The predicted molar refractivity (Wildman–Crippen MR) is 86.1 cm³/mol. The fourth-order valence-corrected chi connectivity index (χ4v) is 3.36. The molecule has 2 heterocycles. The SMILES string of the molecule is O=c1[nH]c(C2CC2)nc2c1CCN(Cc1cc(F)cc(C(F)(F)F)c1)C2. The molecule has 0 atom stereocenters. The lowest BCUT2D eigenvalue weighted by molar-refractivity contribution is -0.137. The number of halogens is 4. The Morgan fingerprint density at radius 2 is 2.00 bits per heavy atom. The first kappa shape index (κ1) is 17.2. The molecule has 0 bridgehead atoms. The van der Waals surface area contributed by atoms with Gasteiger partial charge in [-0.2, -0.15) is 13.2 Å². The Bertz CT molecular complexity index is 902. The van der Waals surface area contributed by atoms with Crippen molar-refractivity contribution in [2.75, 3.05) is 6.54 Å². The molecule has 0 unspecified atom stereocenters. The molecule has 1 saturated carbocycles. The first-order valence-corrected chi connectivity index (χ1v) is 8.50. The van der Waals surface area contributed by atoms with Crippen molar-refractivity contribution in [3.8, 4) is 0 Å². The Morgan fingerprint density at radius 3 is 2.69 bits per heavy atom. The molecule has 8 heteroatoms. The molecule has 0 radical (unpaired) electrons. The van der Waals surface area contributed by atoms with Gasteiger partial charge in [-0.15, -0.1) is 0 Å². The summed E-state index contributed by atoms with van der Waals surface area (Å²) in [6.45, 7) is 1.06. The first-order chi connectivity index (χ1) is 12.3. The van der Waals surface area contributed by atoms with Crippen molar-refractivity contribution >= 4 is 0 Å². The molecule has 138 valence electrons. The minimum Gasteiger partial charge on any atom is -0.310 e. The third-order valence-electron chi connectivity index (χ3n) is 4.83. The van der Waals surface area contributed by atoms with Crippen molar-refractivity contribution in [3.05, 3.63) is 62.6 Å². The van der Waals surface area contributed by atoms with E-state index in [-0.39, 0.29) is 17.7 Å². The van der Waals surface area contributed by atoms with Gasteiger partial charge < -0.3 is 4.98 Å². The summed E-state index contributed by atoms with van der Waals surface area (Å²) in [6, 6.07) is 2.59. The number of rotatable bonds is 3. The lowest BCUT2D eigenvalue weighted by Gasteiger charge is -2.28. The van der Waals surface area contributed by atoms with Crippen LogP contribution in [0, 0.1) is 5.82 Å². The van der Waals surface area contributed by atoms with Crippen LogP contribution in [0.25, 0.3) is 0 Å². The molecule has 1 aromatic carbocycles. The standard InChI is InChI=1S/C18H17F4N3O/c19-13-6-10(5-12(7-13)18(20,21)22)8-25-4-3-14-15(9-25)23-16(11-1-2-11)24-17(14)26/h5-7,11H,1-4,8-9H2,(H,23,24,26). The Labute approximate surface area is 146 Å². The highest BCUT2D eigenvalue weighted by Gasteiger charge is 2.32. The molecule has 2 aliphatic rings. The highest BCUT2D eigenvalue weighted by Crippen LogP contribution is 2.38. The van der Waals surface area contributed by atoms with Crippen molar-refractivity contribution < 1.29 is 17.6 Å². The molecule has 1 fully saturated rings. The molecule has 26 heavy (non-hydrogen) atoms. The van der Waals surface area contributed by atoms with Crippen molar-refractivity contribution in [1.29, 1.82) is 0 Å². The van der Waals surface area contributed by atoms with Crippen LogP contribution in [0.3, 0.4) is 0 Å². The van der Waals surface area contributed by atoms with Gasteiger partial charge in [0.05, 0.1) is 11.3 Å². The summed E-state index contributed by atoms with van der Waals surface area (Å²) in [4.78, 5) is 21.5. The van der Waals surface area contributed by atoms with Gasteiger partial charge in [-0.3, -0.25) is 9.69 Å². The van der Waals surface area contributed by atoms with Crippen LogP contribution in [0.2, 0.25) is 0 Å². The summed E-state index contributed by atoms with van der Waals surface area (Å²) >= 11 is 0. The predicted octanol–water partition coefficient (Wildman–Crippen LogP) is 3.36. The normalized spacial score (nSPS) is 18.0. The summed E-state index contributed by atoms with van der Waals surface area (Å²) in [7, 11) is 0. The molecule has 1 aliphatic heterocycles. The summed E-state index contributed by atoms with van der Waals surface area (Å²) < 4.78 is 52.2. The van der Waals surface area contributed by atoms with Crippen LogP contribution in [0.1, 0.15) is 47.0 Å². The van der Waals surface area contributed by atoms with E-state index in [0.29, 0.717) is 48.6 Å². The van der Waals surface area contributed by atoms with Gasteiger partial charge >= 0.3 is 6.18 Å². The highest BCUT2D eigenvalue weighted by molar-refractivity contribution is 5.28. The Morgan fingerprint density at radius 1 is 1.23 bits per heavy atom. The Balaban J connectivity index is 1.56. The monoisotopic (exact) mass is 367 g/mol. The number of hydrogen-bond donors (Lipinski definition) is 1. The molecule has 4 rings (SSSR count). The van der Waals surface area contributed by atoms with Crippen molar-refractivity contribution in [3.63, 3.8) is 0 Å². The van der Waals surface area contributed by atoms with E-state index in [2.05, 4.69) is 9.97 Å². The highest BCUT2D eigenvalue weighted by atomic mass is 19.4. The molecule has 0 amide bonds. The third kappa shape index (κ3) is 3.51. The van der Waals surface area contributed by atoms with E-state index in [1.165, 1.54) is 0 Å². The van der Waals surface area contributed by atoms with E-state index in [9.17, 15) is 22.4 Å². The number of aromatic amines is 1. The number of hydrogen-bond acceptors (Lipinski definition) is 3. The zero-order chi connectivity index (χ0) is 18.5. The van der Waals surface area contributed by atoms with E-state index in [0.717, 1.165) is 25.0 Å². The smallest absolute Gasteiger partial charge is 0.310 e. The van der Waals surface area contributed by atoms with E-state index in [4.69, 9.17) is 0 Å². The summed E-state index contributed by atoms with van der Waals surface area (Å²) in [6.07, 6.45) is -2.09. The number of alkyl halides is 3. The molecule has 1 aromatic heterocycles. The van der Waals surface area contributed by atoms with Gasteiger partial charge in [0.15, 0.2) is 0 Å². The minimum absolute atomic E-state index is 0.123. The quantitative estimate of drug-likeness (QED) is 0.847. The topological polar surface area (TPSA) is 49.0 Å². The van der Waals surface area contributed by atoms with E-state index in [1.54, 1.807) is 0 Å². The Kier molecular flexibility index (Phi) is 4.10. The van der Waals surface area contributed by atoms with Gasteiger partial charge in [-0.25, -0.2) is 9.37 Å². The maximum atomic E-state index is 13.6. The molecule has 0 spiro atoms. The molecule has 1 aliphatic carbocycles. The molecule has 4 nitrogen and oxygen atoms in total. The third-order valence-corrected chi connectivity index (χ3v) is 4.83. The van der Waals surface area contributed by atoms with Crippen LogP contribution in [0.15, 0.2) is 23.0 Å². The van der Waals surface area contributed by atoms with Crippen LogP contribution in [-0.2, 0) is 25.7 Å². The maximum absolute atomic E-state index is 13.6. The maximum Gasteiger partial charge on any atom is 0.416 e. The summed E-state index contributed by atoms with van der Waals surface area (Å²) in [5.41, 5.74) is 0.459. The fraction of sp³-hybridized carbons (Fsp3) is 0.444. The summed E-state index contributed by atoms with van der Waals surface area (Å²) in [5, 5.41) is 0. The fourth-order valence-electron chi connectivity index (χ4n) is 3.36. The Hall–Kier alpha value is -2.22. The zero-order valence-electron chi connectivity index (χ0n) is 13.9. The van der Waals surface area contributed by atoms with Gasteiger partial charge in [-0.05, 0) is 43.0 Å². The number of aromatic nitrogens is 2. The molecule has 2 aromatic rings. The first-order valence-electron chi connectivity index (χ1n) is 8.50. The zero-order valence-corrected chi connectivity index (χ0v) is 13.9. The molecular weight excluding hydrogens is 350 g/mol. The van der Waals surface area contributed by atoms with Crippen LogP contribution < -0.4 is 5.56 Å². The largest absolute Gasteiger partial charge is 0.416 e. The molecule has 0 saturated heterocycles. The van der Waals surface area contributed by atoms with Crippen LogP contribution in [0.5, 0.6) is 0 Å². The summed E-state index contributed by atoms with van der Waals surface area (Å²) in [5.74, 6) is 0.0967. The average molecular weight is 367 g/mol. The van der Waals surface area contributed by atoms with Crippen molar-refractivity contribution in [2.24, 2.45) is 0 Å². The van der Waals surface area contributed by atoms with Crippen molar-refractivity contribution in [2.45, 2.75) is 44.4 Å². The lowest BCUT2D eigenvalue weighted by atomic mass is 10.0. The number of fused-ring (bicyclic) bond motifs is 1. The van der Waals surface area contributed by atoms with Crippen LogP contribution >= 0.6 is 0 Å². The van der Waals surface area contributed by atoms with Gasteiger partial charge in [0.1, 0.15) is 11.6 Å². The van der Waals surface area contributed by atoms with E-state index < -0.39 is 17.6 Å². The second-order valence-electron chi connectivity index (χ2n) is 6.96. The van der Waals surface area contributed by atoms with Crippen molar-refractivity contribution in [1.82, 2.24) is 14.9 Å². The minimum atomic E-state index is -4.58. The van der Waals surface area contributed by atoms with Crippen LogP contribution in [-0.4, -0.2) is 21.4 Å². The molecule has 1 N–H and O–H groups in total. The van der Waals surface area contributed by atoms with Crippen LogP contribution in [0.4, 0.5) is 17.6 Å². The number of nitrogens with zero attached hydrogens (tertiary/aromatic N) is 2. The number of H-pyrrole nitrogens is 1. The number of nitrogens with one attached hydrogen (secondary N) is 1. The van der Waals surface area contributed by atoms with E-state index in [1.807, 2.05) is 4.90 Å². The van der Waals surface area contributed by atoms with Gasteiger partial charge in [0.25, 0.3) is 5.56 Å². The second-order valence-corrected chi connectivity index (χ2v) is 6.96. The lowest BCUT2D eigenvalue weighted by Crippen LogP contribution is -2.35. The average Bonchev–Trinajstić information content (AvgIpc) is 3.38.